The second kappa shape index (κ2) is 5.51. The van der Waals surface area contributed by atoms with Crippen LogP contribution in [0.1, 0.15) is 0 Å². The van der Waals surface area contributed by atoms with Gasteiger partial charge in [-0.25, -0.2) is 9.50 Å². The fraction of sp³-hybridized carbons (Fsp3) is 0.154. The second-order valence-electron chi connectivity index (χ2n) is 4.34. The van der Waals surface area contributed by atoms with Gasteiger partial charge in [-0.15, -0.1) is 5.10 Å². The maximum absolute atomic E-state index is 12.1. The van der Waals surface area contributed by atoms with E-state index in [1.54, 1.807) is 24.4 Å². The number of alkyl halides is 3. The molecule has 0 aliphatic carbocycles. The number of halogens is 3. The Labute approximate surface area is 122 Å². The van der Waals surface area contributed by atoms with Crippen LogP contribution in [0.2, 0.25) is 0 Å². The minimum Gasteiger partial charge on any atom is -0.484 e. The van der Waals surface area contributed by atoms with Crippen molar-refractivity contribution in [2.75, 3.05) is 11.9 Å². The fourth-order valence-corrected chi connectivity index (χ4v) is 1.72. The minimum atomic E-state index is -4.38. The van der Waals surface area contributed by atoms with Crippen LogP contribution in [0.5, 0.6) is 5.75 Å². The molecular weight excluding hydrogens is 299 g/mol. The van der Waals surface area contributed by atoms with Gasteiger partial charge in [0.2, 0.25) is 5.95 Å². The van der Waals surface area contributed by atoms with Crippen LogP contribution < -0.4 is 10.1 Å². The molecule has 0 unspecified atom stereocenters. The molecule has 0 saturated carbocycles. The lowest BCUT2D eigenvalue weighted by Gasteiger charge is -2.08. The van der Waals surface area contributed by atoms with Crippen molar-refractivity contribution in [3.05, 3.63) is 42.7 Å². The van der Waals surface area contributed by atoms with E-state index in [1.807, 2.05) is 0 Å². The lowest BCUT2D eigenvalue weighted by Crippen LogP contribution is -2.19. The Bertz CT molecular complexity index is 772. The van der Waals surface area contributed by atoms with Crippen LogP contribution in [0, 0.1) is 0 Å². The standard InChI is InChI=1S/C13H10F3N5O/c14-13(15,16)8-22-9-4-6-21-11(7-9)19-12(20-21)18-10-3-1-2-5-17-10/h1-7H,8H2,(H,17,18,20). The Morgan fingerprint density at radius 2 is 2.09 bits per heavy atom. The molecule has 114 valence electrons. The van der Waals surface area contributed by atoms with Gasteiger partial charge in [0.25, 0.3) is 0 Å². The largest absolute Gasteiger partial charge is 0.484 e. The summed E-state index contributed by atoms with van der Waals surface area (Å²) in [6.07, 6.45) is -1.30. The van der Waals surface area contributed by atoms with Gasteiger partial charge < -0.3 is 10.1 Å². The van der Waals surface area contributed by atoms with Crippen molar-refractivity contribution in [1.82, 2.24) is 19.6 Å². The summed E-state index contributed by atoms with van der Waals surface area (Å²) in [5, 5.41) is 7.03. The van der Waals surface area contributed by atoms with Gasteiger partial charge in [-0.1, -0.05) is 6.07 Å². The molecule has 0 fully saturated rings. The number of nitrogens with zero attached hydrogens (tertiary/aromatic N) is 4. The van der Waals surface area contributed by atoms with E-state index >= 15 is 0 Å². The van der Waals surface area contributed by atoms with Gasteiger partial charge in [0.15, 0.2) is 12.3 Å². The van der Waals surface area contributed by atoms with E-state index in [0.29, 0.717) is 11.5 Å². The first-order valence-corrected chi connectivity index (χ1v) is 6.24. The third kappa shape index (κ3) is 3.43. The van der Waals surface area contributed by atoms with Crippen molar-refractivity contribution in [3.8, 4) is 5.75 Å². The molecule has 0 bridgehead atoms. The zero-order valence-electron chi connectivity index (χ0n) is 11.1. The van der Waals surface area contributed by atoms with Crippen LogP contribution in [-0.2, 0) is 0 Å². The van der Waals surface area contributed by atoms with E-state index in [9.17, 15) is 13.2 Å². The first kappa shape index (κ1) is 14.1. The number of hydrogen-bond acceptors (Lipinski definition) is 5. The molecule has 0 radical (unpaired) electrons. The van der Waals surface area contributed by atoms with Crippen molar-refractivity contribution in [2.45, 2.75) is 6.18 Å². The molecule has 3 rings (SSSR count). The van der Waals surface area contributed by atoms with E-state index in [2.05, 4.69) is 25.1 Å². The number of hydrogen-bond donors (Lipinski definition) is 1. The van der Waals surface area contributed by atoms with Crippen LogP contribution in [0.3, 0.4) is 0 Å². The molecule has 22 heavy (non-hydrogen) atoms. The van der Waals surface area contributed by atoms with Crippen LogP contribution in [0.4, 0.5) is 24.9 Å². The molecule has 0 saturated heterocycles. The number of ether oxygens (including phenoxy) is 1. The van der Waals surface area contributed by atoms with E-state index in [-0.39, 0.29) is 11.7 Å². The predicted octanol–water partition coefficient (Wildman–Crippen LogP) is 2.81. The highest BCUT2D eigenvalue weighted by Gasteiger charge is 2.28. The van der Waals surface area contributed by atoms with Gasteiger partial charge >= 0.3 is 6.18 Å². The third-order valence-corrected chi connectivity index (χ3v) is 2.62. The van der Waals surface area contributed by atoms with E-state index in [0.717, 1.165) is 0 Å². The molecule has 3 aromatic heterocycles. The molecule has 1 N–H and O–H groups in total. The van der Waals surface area contributed by atoms with Gasteiger partial charge in [0.1, 0.15) is 11.6 Å². The van der Waals surface area contributed by atoms with Crippen molar-refractivity contribution >= 4 is 17.4 Å². The zero-order valence-corrected chi connectivity index (χ0v) is 11.1. The van der Waals surface area contributed by atoms with Crippen molar-refractivity contribution in [1.29, 1.82) is 0 Å². The maximum Gasteiger partial charge on any atom is 0.422 e. The topological polar surface area (TPSA) is 64.3 Å². The summed E-state index contributed by atoms with van der Waals surface area (Å²) in [6.45, 7) is -1.35. The highest BCUT2D eigenvalue weighted by molar-refractivity contribution is 5.53. The average molecular weight is 309 g/mol. The number of aromatic nitrogens is 4. The van der Waals surface area contributed by atoms with Gasteiger partial charge in [-0.2, -0.15) is 18.2 Å². The number of anilines is 2. The molecule has 0 atom stereocenters. The van der Waals surface area contributed by atoms with Gasteiger partial charge in [-0.05, 0) is 18.2 Å². The quantitative estimate of drug-likeness (QED) is 0.803. The summed E-state index contributed by atoms with van der Waals surface area (Å²) in [5.74, 6) is 0.917. The first-order valence-electron chi connectivity index (χ1n) is 6.24. The highest BCUT2D eigenvalue weighted by Crippen LogP contribution is 2.20. The van der Waals surface area contributed by atoms with Crippen molar-refractivity contribution in [2.24, 2.45) is 0 Å². The van der Waals surface area contributed by atoms with Crippen LogP contribution in [-0.4, -0.2) is 32.4 Å². The normalized spacial score (nSPS) is 11.6. The first-order chi connectivity index (χ1) is 10.5. The molecule has 3 heterocycles. The predicted molar refractivity (Wildman–Crippen MR) is 72.1 cm³/mol. The van der Waals surface area contributed by atoms with Crippen LogP contribution >= 0.6 is 0 Å². The molecule has 3 aromatic rings. The average Bonchev–Trinajstić information content (AvgIpc) is 2.87. The number of nitrogens with one attached hydrogen (secondary N) is 1. The Hall–Kier alpha value is -2.84. The van der Waals surface area contributed by atoms with E-state index in [1.165, 1.54) is 22.8 Å². The number of pyridine rings is 2. The SMILES string of the molecule is FC(F)(F)COc1ccn2nc(Nc3ccccn3)nc2c1. The Kier molecular flexibility index (Phi) is 3.53. The van der Waals surface area contributed by atoms with Gasteiger partial charge in [-0.3, -0.25) is 0 Å². The number of fused-ring (bicyclic) bond motifs is 1. The van der Waals surface area contributed by atoms with E-state index in [4.69, 9.17) is 0 Å². The summed E-state index contributed by atoms with van der Waals surface area (Å²) in [6, 6.07) is 8.07. The molecule has 9 heteroatoms. The molecule has 0 aromatic carbocycles. The molecule has 0 spiro atoms. The maximum atomic E-state index is 12.1. The molecular formula is C13H10F3N5O. The summed E-state index contributed by atoms with van der Waals surface area (Å²) >= 11 is 0. The monoisotopic (exact) mass is 309 g/mol. The Morgan fingerprint density at radius 1 is 1.23 bits per heavy atom. The van der Waals surface area contributed by atoms with Crippen LogP contribution in [0.25, 0.3) is 5.65 Å². The summed E-state index contributed by atoms with van der Waals surface area (Å²) in [7, 11) is 0. The van der Waals surface area contributed by atoms with E-state index < -0.39 is 12.8 Å². The second-order valence-corrected chi connectivity index (χ2v) is 4.34. The van der Waals surface area contributed by atoms with Gasteiger partial charge in [0.05, 0.1) is 0 Å². The summed E-state index contributed by atoms with van der Waals surface area (Å²) in [4.78, 5) is 8.22. The highest BCUT2D eigenvalue weighted by atomic mass is 19.4. The summed E-state index contributed by atoms with van der Waals surface area (Å²) in [5.41, 5.74) is 0.359. The van der Waals surface area contributed by atoms with Crippen LogP contribution in [0.15, 0.2) is 42.7 Å². The smallest absolute Gasteiger partial charge is 0.422 e. The lowest BCUT2D eigenvalue weighted by molar-refractivity contribution is -0.153. The van der Waals surface area contributed by atoms with Gasteiger partial charge in [0, 0.05) is 18.5 Å². The lowest BCUT2D eigenvalue weighted by atomic mass is 10.4. The Balaban J connectivity index is 1.78. The zero-order chi connectivity index (χ0) is 15.6. The minimum absolute atomic E-state index is 0.0709. The third-order valence-electron chi connectivity index (χ3n) is 2.62. The fourth-order valence-electron chi connectivity index (χ4n) is 1.72. The molecule has 6 nitrogen and oxygen atoms in total. The molecule has 0 aliphatic heterocycles. The van der Waals surface area contributed by atoms with Crippen molar-refractivity contribution in [3.63, 3.8) is 0 Å². The molecule has 0 aliphatic rings. The summed E-state index contributed by atoms with van der Waals surface area (Å²) < 4.78 is 42.5. The molecule has 0 amide bonds. The number of rotatable bonds is 4. The van der Waals surface area contributed by atoms with Crippen molar-refractivity contribution < 1.29 is 17.9 Å². The Morgan fingerprint density at radius 3 is 2.82 bits per heavy atom.